The molecule has 0 radical (unpaired) electrons. The molecule has 2 aromatic carbocycles. The van der Waals surface area contributed by atoms with E-state index in [1.165, 1.54) is 0 Å². The number of hydrogen-bond donors (Lipinski definition) is 6. The highest BCUT2D eigenvalue weighted by molar-refractivity contribution is 6.45. The Morgan fingerprint density at radius 2 is 1.24 bits per heavy atom. The molecule has 7 amide bonds. The number of carbonyl (C=O) groups is 5. The van der Waals surface area contributed by atoms with Crippen LogP contribution in [0.1, 0.15) is 55.2 Å². The van der Waals surface area contributed by atoms with Gasteiger partial charge in [0.2, 0.25) is 5.91 Å². The molecule has 0 aliphatic carbocycles. The van der Waals surface area contributed by atoms with Crippen molar-refractivity contribution in [2.75, 3.05) is 45.0 Å². The molecular weight excluding hydrogens is 796 g/mol. The van der Waals surface area contributed by atoms with E-state index in [-0.39, 0.29) is 35.5 Å². The van der Waals surface area contributed by atoms with Gasteiger partial charge in [-0.1, -0.05) is 47.5 Å². The van der Waals surface area contributed by atoms with Crippen molar-refractivity contribution in [2.24, 2.45) is 17.8 Å². The van der Waals surface area contributed by atoms with E-state index >= 15 is 0 Å². The minimum absolute atomic E-state index is 0.0139. The fourth-order valence-corrected chi connectivity index (χ4v) is 9.75. The minimum atomic E-state index is -1.14. The standard InChI is InChI=1S/C26H31ClN6O3.C15H19BClN3O3/c27-21-3-1-19(2-4-21)26(24(35)30-25(36)31-26)20-8-13-33(14-9-20)23(34)18-6-11-32(12-7-18)16-17-5-10-29-22(28)15-17;1-16(23)20-8-6-11(7-9-20)15(13(21)18-14(22)19-15)10-2-4-12(17)5-3-10/h1-5,10,15,18,20H,6-9,11-14,16H2,(H2,28,29)(H2,30,31,35,36);2-5,11,23H,6-9H2,1H3,(H2,18,19,21,22). The number of halogens is 2. The summed E-state index contributed by atoms with van der Waals surface area (Å²) < 4.78 is 0. The third-order valence-corrected chi connectivity index (χ3v) is 13.2. The third kappa shape index (κ3) is 8.92. The highest BCUT2D eigenvalue weighted by Crippen LogP contribution is 2.41. The molecule has 18 heteroatoms. The van der Waals surface area contributed by atoms with E-state index in [1.807, 2.05) is 21.8 Å². The summed E-state index contributed by atoms with van der Waals surface area (Å²) in [6.45, 7) is 6.76. The van der Waals surface area contributed by atoms with Gasteiger partial charge in [-0.05, 0) is 136 Å². The highest BCUT2D eigenvalue weighted by atomic mass is 35.5. The molecule has 5 fully saturated rings. The van der Waals surface area contributed by atoms with E-state index in [4.69, 9.17) is 28.9 Å². The van der Waals surface area contributed by atoms with Gasteiger partial charge in [0.25, 0.3) is 11.8 Å². The number of hydrogen-bond acceptors (Lipinski definition) is 10. The molecule has 0 saturated carbocycles. The second-order valence-corrected chi connectivity index (χ2v) is 17.0. The van der Waals surface area contributed by atoms with Crippen LogP contribution in [0, 0.1) is 17.8 Å². The molecule has 5 saturated heterocycles. The van der Waals surface area contributed by atoms with E-state index in [2.05, 4.69) is 31.2 Å². The molecule has 1 aromatic heterocycles. The fourth-order valence-electron chi connectivity index (χ4n) is 9.50. The number of likely N-dealkylation sites (tertiary alicyclic amines) is 2. The molecule has 5 aliphatic rings. The normalized spacial score (nSPS) is 24.8. The van der Waals surface area contributed by atoms with Crippen molar-refractivity contribution in [2.45, 2.75) is 63.0 Å². The van der Waals surface area contributed by atoms with Crippen LogP contribution >= 0.6 is 23.2 Å². The van der Waals surface area contributed by atoms with Crippen LogP contribution in [-0.2, 0) is 32.0 Å². The van der Waals surface area contributed by atoms with Gasteiger partial charge < -0.3 is 31.1 Å². The van der Waals surface area contributed by atoms with Crippen LogP contribution in [-0.4, -0.2) is 101 Å². The van der Waals surface area contributed by atoms with Crippen molar-refractivity contribution in [3.05, 3.63) is 93.6 Å². The van der Waals surface area contributed by atoms with Crippen LogP contribution in [0.3, 0.4) is 0 Å². The van der Waals surface area contributed by atoms with Crippen LogP contribution in [0.15, 0.2) is 66.9 Å². The first-order chi connectivity index (χ1) is 28.3. The number of nitrogen functional groups attached to an aromatic ring is 1. The fraction of sp³-hybridized carbons (Fsp3) is 0.463. The number of aromatic nitrogens is 1. The highest BCUT2D eigenvalue weighted by Gasteiger charge is 2.55. The van der Waals surface area contributed by atoms with Crippen molar-refractivity contribution in [3.8, 4) is 0 Å². The molecule has 2 unspecified atom stereocenters. The zero-order valence-corrected chi connectivity index (χ0v) is 34.5. The maximum atomic E-state index is 13.3. The minimum Gasteiger partial charge on any atom is -0.437 e. The summed E-state index contributed by atoms with van der Waals surface area (Å²) in [7, 11) is -0.505. The number of piperidine rings is 3. The van der Waals surface area contributed by atoms with Crippen molar-refractivity contribution >= 4 is 65.9 Å². The van der Waals surface area contributed by atoms with Gasteiger partial charge in [-0.3, -0.25) is 29.9 Å². The van der Waals surface area contributed by atoms with Gasteiger partial charge in [-0.2, -0.15) is 0 Å². The first-order valence-corrected chi connectivity index (χ1v) is 21.0. The number of nitrogens with two attached hydrogens (primary N) is 1. The van der Waals surface area contributed by atoms with E-state index < -0.39 is 30.2 Å². The Bertz CT molecular complexity index is 2040. The summed E-state index contributed by atoms with van der Waals surface area (Å²) in [6.07, 6.45) is 6.05. The van der Waals surface area contributed by atoms with E-state index in [9.17, 15) is 29.0 Å². The lowest BCUT2D eigenvalue weighted by molar-refractivity contribution is -0.139. The Morgan fingerprint density at radius 1 is 0.763 bits per heavy atom. The number of carbonyl (C=O) groups excluding carboxylic acids is 5. The molecule has 0 bridgehead atoms. The zero-order valence-electron chi connectivity index (χ0n) is 33.0. The summed E-state index contributed by atoms with van der Waals surface area (Å²) in [6, 6.07) is 17.0. The molecule has 6 heterocycles. The third-order valence-electron chi connectivity index (χ3n) is 12.7. The Morgan fingerprint density at radius 3 is 1.66 bits per heavy atom. The molecule has 15 nitrogen and oxygen atoms in total. The molecule has 0 spiro atoms. The van der Waals surface area contributed by atoms with E-state index in [1.54, 1.807) is 61.6 Å². The molecule has 5 aliphatic heterocycles. The monoisotopic (exact) mass is 845 g/mol. The number of amides is 7. The molecule has 7 N–H and O–H groups in total. The van der Waals surface area contributed by atoms with Crippen molar-refractivity contribution in [1.82, 2.24) is 40.9 Å². The van der Waals surface area contributed by atoms with Gasteiger partial charge in [0.05, 0.1) is 0 Å². The van der Waals surface area contributed by atoms with Crippen LogP contribution in [0.25, 0.3) is 0 Å². The molecule has 59 heavy (non-hydrogen) atoms. The van der Waals surface area contributed by atoms with Crippen LogP contribution < -0.4 is 27.0 Å². The summed E-state index contributed by atoms with van der Waals surface area (Å²) in [5.74, 6) is -0.0904. The lowest BCUT2D eigenvalue weighted by atomic mass is 9.71. The van der Waals surface area contributed by atoms with E-state index in [0.29, 0.717) is 73.3 Å². The number of urea groups is 2. The number of benzene rings is 2. The maximum absolute atomic E-state index is 13.3. The quantitative estimate of drug-likeness (QED) is 0.144. The van der Waals surface area contributed by atoms with Gasteiger partial charge in [-0.15, -0.1) is 0 Å². The summed E-state index contributed by atoms with van der Waals surface area (Å²) >= 11 is 12.0. The number of nitrogens with one attached hydrogen (secondary N) is 4. The first kappa shape index (κ1) is 42.4. The van der Waals surface area contributed by atoms with Gasteiger partial charge in [0, 0.05) is 41.8 Å². The number of imide groups is 2. The van der Waals surface area contributed by atoms with Crippen LogP contribution in [0.2, 0.25) is 16.9 Å². The number of pyridine rings is 1. The zero-order chi connectivity index (χ0) is 41.9. The van der Waals surface area contributed by atoms with Gasteiger partial charge >= 0.3 is 19.1 Å². The van der Waals surface area contributed by atoms with Crippen molar-refractivity contribution < 1.29 is 29.0 Å². The average molecular weight is 847 g/mol. The SMILES string of the molecule is CB(O)N1CCC(C2(c3ccc(Cl)cc3)NC(=O)NC2=O)CC1.Nc1cc(CN2CCC(C(=O)N3CCC(C4(c5ccc(Cl)cc5)NC(=O)NC4=O)CC3)CC2)ccn1. The van der Waals surface area contributed by atoms with E-state index in [0.717, 1.165) is 43.6 Å². The molecule has 3 aromatic rings. The molecular formula is C41H50BCl2N9O6. The topological polar surface area (TPSA) is 202 Å². The van der Waals surface area contributed by atoms with Crippen molar-refractivity contribution in [1.29, 1.82) is 0 Å². The Labute approximate surface area is 353 Å². The van der Waals surface area contributed by atoms with Gasteiger partial charge in [0.15, 0.2) is 0 Å². The first-order valence-electron chi connectivity index (χ1n) is 20.2. The predicted octanol–water partition coefficient (Wildman–Crippen LogP) is 3.70. The summed E-state index contributed by atoms with van der Waals surface area (Å²) in [5, 5.41) is 21.4. The average Bonchev–Trinajstić information content (AvgIpc) is 3.71. The van der Waals surface area contributed by atoms with Crippen LogP contribution in [0.4, 0.5) is 15.4 Å². The largest absolute Gasteiger partial charge is 0.437 e. The number of anilines is 1. The summed E-state index contributed by atoms with van der Waals surface area (Å²) in [5.41, 5.74) is 6.17. The van der Waals surface area contributed by atoms with Crippen LogP contribution in [0.5, 0.6) is 0 Å². The maximum Gasteiger partial charge on any atom is 0.376 e. The molecule has 8 rings (SSSR count). The number of rotatable bonds is 8. The van der Waals surface area contributed by atoms with Gasteiger partial charge in [-0.25, -0.2) is 14.6 Å². The summed E-state index contributed by atoms with van der Waals surface area (Å²) in [4.78, 5) is 73.2. The van der Waals surface area contributed by atoms with Gasteiger partial charge in [0.1, 0.15) is 16.9 Å². The molecule has 2 atom stereocenters. The second kappa shape index (κ2) is 17.9. The Kier molecular flexibility index (Phi) is 12.8. The second-order valence-electron chi connectivity index (χ2n) is 16.1. The lowest BCUT2D eigenvalue weighted by Crippen LogP contribution is -2.54. The van der Waals surface area contributed by atoms with Crippen molar-refractivity contribution in [3.63, 3.8) is 0 Å². The number of nitrogens with zero attached hydrogens (tertiary/aromatic N) is 4. The predicted molar refractivity (Wildman–Crippen MR) is 224 cm³/mol. The Balaban J connectivity index is 0.000000198. The lowest BCUT2D eigenvalue weighted by Gasteiger charge is -2.42. The Hall–Kier alpha value is -4.74. The smallest absolute Gasteiger partial charge is 0.376 e. The molecule has 312 valence electrons.